The highest BCUT2D eigenvalue weighted by Crippen LogP contribution is 2.09. The maximum Gasteiger partial charge on any atom is 0.240 e. The number of aryl methyl sites for hydroxylation is 1. The molecule has 1 aromatic rings. The molecule has 2 atom stereocenters. The zero-order valence-electron chi connectivity index (χ0n) is 10.8. The van der Waals surface area contributed by atoms with E-state index in [1.807, 2.05) is 19.2 Å². The van der Waals surface area contributed by atoms with Crippen LogP contribution in [0.3, 0.4) is 0 Å². The van der Waals surface area contributed by atoms with Crippen LogP contribution in [0.2, 0.25) is 0 Å². The number of thiazole rings is 1. The number of carbonyl (C=O) groups excluding carboxylic acids is 1. The number of hydrogen-bond donors (Lipinski definition) is 2. The lowest BCUT2D eigenvalue weighted by Gasteiger charge is -2.29. The lowest BCUT2D eigenvalue weighted by atomic mass is 10.1. The van der Waals surface area contributed by atoms with Gasteiger partial charge in [-0.25, -0.2) is 4.98 Å². The topological polar surface area (TPSA) is 63.2 Å². The summed E-state index contributed by atoms with van der Waals surface area (Å²) in [6.45, 7) is 5.72. The maximum atomic E-state index is 11.9. The van der Waals surface area contributed by atoms with Gasteiger partial charge in [-0.2, -0.15) is 0 Å². The Morgan fingerprint density at radius 1 is 1.63 bits per heavy atom. The highest BCUT2D eigenvalue weighted by molar-refractivity contribution is 7.09. The third-order valence-electron chi connectivity index (χ3n) is 2.68. The summed E-state index contributed by atoms with van der Waals surface area (Å²) in [6.07, 6.45) is -0.0817. The Bertz CT molecular complexity index is 403. The van der Waals surface area contributed by atoms with Crippen LogP contribution < -0.4 is 10.6 Å². The van der Waals surface area contributed by atoms with Gasteiger partial charge in [0.05, 0.1) is 19.3 Å². The van der Waals surface area contributed by atoms with Gasteiger partial charge < -0.3 is 15.4 Å². The molecule has 0 saturated carbocycles. The molecule has 0 unspecified atom stereocenters. The zero-order chi connectivity index (χ0) is 12.3. The van der Waals surface area contributed by atoms with Gasteiger partial charge in [-0.1, -0.05) is 0 Å². The third-order valence-corrected chi connectivity index (χ3v) is 3.65. The molecule has 19 heavy (non-hydrogen) atoms. The standard InChI is InChI=1S/C11H17N3O2S.2ClH/c1-7-6-17-9(14-7)5-13-11(15)10-8(2)16-4-3-12-10;;/h6,8,10,12H,3-5H2,1-2H3,(H,13,15);2*1H/t8-,10+;;/m1../s1. The predicted octanol–water partition coefficient (Wildman–Crippen LogP) is 1.29. The first-order valence-corrected chi connectivity index (χ1v) is 6.58. The normalized spacial score (nSPS) is 22.0. The van der Waals surface area contributed by atoms with Crippen LogP contribution in [0.15, 0.2) is 5.38 Å². The van der Waals surface area contributed by atoms with Gasteiger partial charge in [0.15, 0.2) is 0 Å². The van der Waals surface area contributed by atoms with Crippen molar-refractivity contribution in [3.05, 3.63) is 16.1 Å². The maximum absolute atomic E-state index is 11.9. The minimum atomic E-state index is -0.259. The van der Waals surface area contributed by atoms with Crippen molar-refractivity contribution in [1.82, 2.24) is 15.6 Å². The molecule has 1 aliphatic heterocycles. The first-order chi connectivity index (χ1) is 8.16. The number of aromatic nitrogens is 1. The van der Waals surface area contributed by atoms with Gasteiger partial charge in [-0.3, -0.25) is 4.79 Å². The smallest absolute Gasteiger partial charge is 0.240 e. The number of nitrogens with one attached hydrogen (secondary N) is 2. The fourth-order valence-corrected chi connectivity index (χ4v) is 2.50. The molecule has 2 rings (SSSR count). The number of halogens is 2. The van der Waals surface area contributed by atoms with E-state index < -0.39 is 0 Å². The summed E-state index contributed by atoms with van der Waals surface area (Å²) in [5, 5.41) is 8.94. The van der Waals surface area contributed by atoms with Crippen LogP contribution in [0, 0.1) is 6.92 Å². The fraction of sp³-hybridized carbons (Fsp3) is 0.636. The van der Waals surface area contributed by atoms with E-state index in [1.165, 1.54) is 0 Å². The van der Waals surface area contributed by atoms with E-state index in [4.69, 9.17) is 4.74 Å². The largest absolute Gasteiger partial charge is 0.375 e. The molecule has 1 saturated heterocycles. The molecule has 0 aliphatic carbocycles. The molecular formula is C11H19Cl2N3O2S. The van der Waals surface area contributed by atoms with Gasteiger partial charge >= 0.3 is 0 Å². The highest BCUT2D eigenvalue weighted by Gasteiger charge is 2.27. The molecular weight excluding hydrogens is 309 g/mol. The number of rotatable bonds is 3. The Labute approximate surface area is 129 Å². The molecule has 0 bridgehead atoms. The average Bonchev–Trinajstić information content (AvgIpc) is 2.73. The second-order valence-electron chi connectivity index (χ2n) is 4.11. The number of morpholine rings is 1. The van der Waals surface area contributed by atoms with E-state index in [0.29, 0.717) is 13.2 Å². The van der Waals surface area contributed by atoms with Crippen molar-refractivity contribution >= 4 is 42.1 Å². The van der Waals surface area contributed by atoms with Crippen LogP contribution in [0.1, 0.15) is 17.6 Å². The SMILES string of the molecule is Cc1csc(CNC(=O)[C@H]2NCCO[C@@H]2C)n1.Cl.Cl. The van der Waals surface area contributed by atoms with Gasteiger partial charge in [-0.05, 0) is 13.8 Å². The second kappa shape index (κ2) is 8.71. The Balaban J connectivity index is 0.00000162. The minimum absolute atomic E-state index is 0. The molecule has 2 heterocycles. The minimum Gasteiger partial charge on any atom is -0.375 e. The average molecular weight is 328 g/mol. The second-order valence-corrected chi connectivity index (χ2v) is 5.05. The lowest BCUT2D eigenvalue weighted by molar-refractivity contribution is -0.129. The monoisotopic (exact) mass is 327 g/mol. The molecule has 0 radical (unpaired) electrons. The molecule has 110 valence electrons. The van der Waals surface area contributed by atoms with Gasteiger partial charge in [0.1, 0.15) is 11.0 Å². The van der Waals surface area contributed by atoms with Gasteiger partial charge in [0, 0.05) is 17.6 Å². The Morgan fingerprint density at radius 3 is 2.95 bits per heavy atom. The van der Waals surface area contributed by atoms with Crippen LogP contribution in [0.25, 0.3) is 0 Å². The van der Waals surface area contributed by atoms with E-state index in [1.54, 1.807) is 11.3 Å². The van der Waals surface area contributed by atoms with Gasteiger partial charge in [0.2, 0.25) is 5.91 Å². The van der Waals surface area contributed by atoms with Crippen LogP contribution in [0.4, 0.5) is 0 Å². The van der Waals surface area contributed by atoms with E-state index in [0.717, 1.165) is 17.2 Å². The summed E-state index contributed by atoms with van der Waals surface area (Å²) in [4.78, 5) is 16.2. The van der Waals surface area contributed by atoms with Crippen LogP contribution in [0.5, 0.6) is 0 Å². The Kier molecular flexibility index (Phi) is 8.52. The molecule has 0 spiro atoms. The first kappa shape index (κ1) is 18.6. The summed E-state index contributed by atoms with van der Waals surface area (Å²) in [6, 6.07) is -0.259. The summed E-state index contributed by atoms with van der Waals surface area (Å²) in [7, 11) is 0. The molecule has 0 aromatic carbocycles. The molecule has 8 heteroatoms. The molecule has 5 nitrogen and oxygen atoms in total. The van der Waals surface area contributed by atoms with Gasteiger partial charge in [-0.15, -0.1) is 36.2 Å². The van der Waals surface area contributed by atoms with E-state index >= 15 is 0 Å². The predicted molar refractivity (Wildman–Crippen MR) is 80.4 cm³/mol. The van der Waals surface area contributed by atoms with Crippen molar-refractivity contribution in [2.24, 2.45) is 0 Å². The van der Waals surface area contributed by atoms with E-state index in [2.05, 4.69) is 15.6 Å². The molecule has 1 aliphatic rings. The summed E-state index contributed by atoms with van der Waals surface area (Å²) in [5.41, 5.74) is 0.992. The summed E-state index contributed by atoms with van der Waals surface area (Å²) in [5.74, 6) is -0.0231. The van der Waals surface area contributed by atoms with Crippen molar-refractivity contribution in [3.63, 3.8) is 0 Å². The third kappa shape index (κ3) is 5.24. The number of ether oxygens (including phenoxy) is 1. The molecule has 1 aromatic heterocycles. The number of nitrogens with zero attached hydrogens (tertiary/aromatic N) is 1. The first-order valence-electron chi connectivity index (χ1n) is 5.70. The van der Waals surface area contributed by atoms with Crippen molar-refractivity contribution in [1.29, 1.82) is 0 Å². The fourth-order valence-electron chi connectivity index (χ4n) is 1.78. The van der Waals surface area contributed by atoms with Crippen LogP contribution in [-0.2, 0) is 16.1 Å². The van der Waals surface area contributed by atoms with E-state index in [9.17, 15) is 4.79 Å². The van der Waals surface area contributed by atoms with Crippen molar-refractivity contribution in [3.8, 4) is 0 Å². The zero-order valence-corrected chi connectivity index (χ0v) is 13.3. The van der Waals surface area contributed by atoms with Crippen molar-refractivity contribution in [2.45, 2.75) is 32.5 Å². The number of carbonyl (C=O) groups is 1. The molecule has 2 N–H and O–H groups in total. The quantitative estimate of drug-likeness (QED) is 0.878. The highest BCUT2D eigenvalue weighted by atomic mass is 35.5. The van der Waals surface area contributed by atoms with Gasteiger partial charge in [0.25, 0.3) is 0 Å². The lowest BCUT2D eigenvalue weighted by Crippen LogP contribution is -2.55. The number of amides is 1. The summed E-state index contributed by atoms with van der Waals surface area (Å²) < 4.78 is 5.43. The van der Waals surface area contributed by atoms with Crippen LogP contribution in [-0.4, -0.2) is 36.2 Å². The molecule has 1 amide bonds. The number of hydrogen-bond acceptors (Lipinski definition) is 5. The Hall–Kier alpha value is -0.400. The van der Waals surface area contributed by atoms with Crippen molar-refractivity contribution in [2.75, 3.05) is 13.2 Å². The van der Waals surface area contributed by atoms with E-state index in [-0.39, 0.29) is 42.9 Å². The molecule has 1 fully saturated rings. The van der Waals surface area contributed by atoms with Crippen LogP contribution >= 0.6 is 36.2 Å². The Morgan fingerprint density at radius 2 is 2.37 bits per heavy atom. The summed E-state index contributed by atoms with van der Waals surface area (Å²) >= 11 is 1.56. The van der Waals surface area contributed by atoms with Crippen molar-refractivity contribution < 1.29 is 9.53 Å².